The van der Waals surface area contributed by atoms with Crippen molar-refractivity contribution in [1.82, 2.24) is 15.0 Å². The highest BCUT2D eigenvalue weighted by atomic mass is 32.2. The van der Waals surface area contributed by atoms with Crippen molar-refractivity contribution >= 4 is 11.8 Å². The molecule has 0 spiro atoms. The second-order valence-electron chi connectivity index (χ2n) is 3.80. The monoisotopic (exact) mass is 246 g/mol. The van der Waals surface area contributed by atoms with E-state index in [1.165, 1.54) is 11.8 Å². The number of aromatic nitrogens is 3. The van der Waals surface area contributed by atoms with Gasteiger partial charge in [-0.2, -0.15) is 0 Å². The lowest BCUT2D eigenvalue weighted by atomic mass is 10.1. The van der Waals surface area contributed by atoms with Crippen LogP contribution in [0.1, 0.15) is 24.2 Å². The number of hydrogen-bond donors (Lipinski definition) is 1. The maximum Gasteiger partial charge on any atom is 0.194 e. The van der Waals surface area contributed by atoms with Crippen LogP contribution >= 0.6 is 11.8 Å². The molecule has 0 saturated heterocycles. The third-order valence-corrected chi connectivity index (χ3v) is 3.06. The van der Waals surface area contributed by atoms with Gasteiger partial charge in [0.1, 0.15) is 5.03 Å². The highest BCUT2D eigenvalue weighted by molar-refractivity contribution is 7.99. The molecular formula is C12H14N4S. The van der Waals surface area contributed by atoms with E-state index in [0.29, 0.717) is 5.16 Å². The highest BCUT2D eigenvalue weighted by Gasteiger charge is 2.05. The fourth-order valence-electron chi connectivity index (χ4n) is 1.33. The van der Waals surface area contributed by atoms with Crippen LogP contribution in [0.25, 0.3) is 0 Å². The van der Waals surface area contributed by atoms with E-state index in [0.717, 1.165) is 16.3 Å². The molecule has 2 N–H and O–H groups in total. The molecule has 88 valence electrons. The Balaban J connectivity index is 2.21. The van der Waals surface area contributed by atoms with Crippen molar-refractivity contribution < 1.29 is 0 Å². The first kappa shape index (κ1) is 12.0. The summed E-state index contributed by atoms with van der Waals surface area (Å²) >= 11 is 1.44. The summed E-state index contributed by atoms with van der Waals surface area (Å²) in [6.45, 7) is 3.89. The first-order valence-corrected chi connectivity index (χ1v) is 6.16. The molecule has 0 saturated carbocycles. The lowest BCUT2D eigenvalue weighted by Gasteiger charge is -2.06. The zero-order valence-corrected chi connectivity index (χ0v) is 10.6. The summed E-state index contributed by atoms with van der Waals surface area (Å²) in [4.78, 5) is 12.8. The van der Waals surface area contributed by atoms with E-state index in [2.05, 4.69) is 15.0 Å². The van der Waals surface area contributed by atoms with E-state index in [-0.39, 0.29) is 6.04 Å². The standard InChI is InChI=1S/C12H14N4S/c1-8-3-5-15-12(16-8)17-11-7-10(9(2)13)4-6-14-11/h3-7,9H,13H2,1-2H3. The fraction of sp³-hybridized carbons (Fsp3) is 0.250. The van der Waals surface area contributed by atoms with Crippen LogP contribution in [0.4, 0.5) is 0 Å². The summed E-state index contributed by atoms with van der Waals surface area (Å²) in [6, 6.07) is 5.78. The maximum absolute atomic E-state index is 5.83. The van der Waals surface area contributed by atoms with Crippen LogP contribution in [-0.4, -0.2) is 15.0 Å². The molecule has 0 amide bonds. The van der Waals surface area contributed by atoms with Crippen molar-refractivity contribution in [2.45, 2.75) is 30.1 Å². The molecule has 0 aliphatic carbocycles. The Kier molecular flexibility index (Phi) is 3.71. The summed E-state index contributed by atoms with van der Waals surface area (Å²) in [6.07, 6.45) is 3.51. The number of aryl methyl sites for hydroxylation is 1. The molecular weight excluding hydrogens is 232 g/mol. The number of nitrogens with two attached hydrogens (primary N) is 1. The molecule has 1 unspecified atom stereocenters. The third kappa shape index (κ3) is 3.25. The summed E-state index contributed by atoms with van der Waals surface area (Å²) in [7, 11) is 0. The van der Waals surface area contributed by atoms with Gasteiger partial charge in [0.2, 0.25) is 0 Å². The molecule has 0 aliphatic heterocycles. The van der Waals surface area contributed by atoms with Crippen molar-refractivity contribution in [1.29, 1.82) is 0 Å². The Bertz CT molecular complexity index is 513. The molecule has 0 fully saturated rings. The topological polar surface area (TPSA) is 64.7 Å². The number of pyridine rings is 1. The Morgan fingerprint density at radius 3 is 2.71 bits per heavy atom. The Morgan fingerprint density at radius 1 is 1.24 bits per heavy atom. The van der Waals surface area contributed by atoms with Gasteiger partial charge in [-0.3, -0.25) is 0 Å². The van der Waals surface area contributed by atoms with Gasteiger partial charge in [0.15, 0.2) is 5.16 Å². The Hall–Kier alpha value is -1.46. The summed E-state index contributed by atoms with van der Waals surface area (Å²) in [5.41, 5.74) is 7.85. The van der Waals surface area contributed by atoms with Crippen LogP contribution in [-0.2, 0) is 0 Å². The van der Waals surface area contributed by atoms with Gasteiger partial charge < -0.3 is 5.73 Å². The first-order valence-electron chi connectivity index (χ1n) is 5.34. The second kappa shape index (κ2) is 5.25. The van der Waals surface area contributed by atoms with Gasteiger partial charge >= 0.3 is 0 Å². The molecule has 5 heteroatoms. The third-order valence-electron chi connectivity index (χ3n) is 2.25. The van der Waals surface area contributed by atoms with E-state index >= 15 is 0 Å². The van der Waals surface area contributed by atoms with Crippen LogP contribution < -0.4 is 5.73 Å². The molecule has 1 atom stereocenters. The molecule has 2 aromatic heterocycles. The predicted octanol–water partition coefficient (Wildman–Crippen LogP) is 2.35. The average Bonchev–Trinajstić information content (AvgIpc) is 2.29. The minimum Gasteiger partial charge on any atom is -0.324 e. The van der Waals surface area contributed by atoms with E-state index in [9.17, 15) is 0 Å². The summed E-state index contributed by atoms with van der Waals surface area (Å²) < 4.78 is 0. The van der Waals surface area contributed by atoms with Crippen LogP contribution in [0.3, 0.4) is 0 Å². The van der Waals surface area contributed by atoms with Crippen molar-refractivity contribution in [3.63, 3.8) is 0 Å². The van der Waals surface area contributed by atoms with Crippen molar-refractivity contribution in [3.8, 4) is 0 Å². The van der Waals surface area contributed by atoms with E-state index < -0.39 is 0 Å². The molecule has 17 heavy (non-hydrogen) atoms. The minimum absolute atomic E-state index is 0.00998. The number of nitrogens with zero attached hydrogens (tertiary/aromatic N) is 3. The lowest BCUT2D eigenvalue weighted by Crippen LogP contribution is -2.05. The molecule has 0 aliphatic rings. The predicted molar refractivity (Wildman–Crippen MR) is 67.7 cm³/mol. The van der Waals surface area contributed by atoms with Crippen molar-refractivity contribution in [2.75, 3.05) is 0 Å². The zero-order valence-electron chi connectivity index (χ0n) is 9.79. The van der Waals surface area contributed by atoms with E-state index in [4.69, 9.17) is 5.73 Å². The fourth-order valence-corrected chi connectivity index (χ4v) is 2.13. The lowest BCUT2D eigenvalue weighted by molar-refractivity contribution is 0.807. The summed E-state index contributed by atoms with van der Waals surface area (Å²) in [5.74, 6) is 0. The molecule has 0 aromatic carbocycles. The minimum atomic E-state index is 0.00998. The average molecular weight is 246 g/mol. The molecule has 2 aromatic rings. The second-order valence-corrected chi connectivity index (χ2v) is 4.79. The molecule has 2 heterocycles. The number of hydrogen-bond acceptors (Lipinski definition) is 5. The van der Waals surface area contributed by atoms with E-state index in [1.807, 2.05) is 32.0 Å². The van der Waals surface area contributed by atoms with Gasteiger partial charge in [-0.25, -0.2) is 15.0 Å². The van der Waals surface area contributed by atoms with Crippen molar-refractivity contribution in [3.05, 3.63) is 41.9 Å². The van der Waals surface area contributed by atoms with Gasteiger partial charge in [0.25, 0.3) is 0 Å². The largest absolute Gasteiger partial charge is 0.324 e. The molecule has 0 radical (unpaired) electrons. The maximum atomic E-state index is 5.83. The van der Waals surface area contributed by atoms with Gasteiger partial charge in [0, 0.05) is 24.1 Å². The quantitative estimate of drug-likeness (QED) is 0.842. The Labute approximate surface area is 105 Å². The molecule has 0 bridgehead atoms. The molecule has 4 nitrogen and oxygen atoms in total. The highest BCUT2D eigenvalue weighted by Crippen LogP contribution is 2.24. The Morgan fingerprint density at radius 2 is 2.00 bits per heavy atom. The van der Waals surface area contributed by atoms with Crippen LogP contribution in [0.2, 0.25) is 0 Å². The zero-order chi connectivity index (χ0) is 12.3. The van der Waals surface area contributed by atoms with Gasteiger partial charge in [0.05, 0.1) is 0 Å². The normalized spacial score (nSPS) is 12.4. The first-order chi connectivity index (χ1) is 8.15. The van der Waals surface area contributed by atoms with Gasteiger partial charge in [-0.05, 0) is 49.4 Å². The van der Waals surface area contributed by atoms with E-state index in [1.54, 1.807) is 12.4 Å². The molecule has 2 rings (SSSR count). The van der Waals surface area contributed by atoms with Crippen LogP contribution in [0.5, 0.6) is 0 Å². The van der Waals surface area contributed by atoms with Gasteiger partial charge in [-0.1, -0.05) is 0 Å². The van der Waals surface area contributed by atoms with Crippen LogP contribution in [0.15, 0.2) is 40.8 Å². The summed E-state index contributed by atoms with van der Waals surface area (Å²) in [5, 5.41) is 1.57. The smallest absolute Gasteiger partial charge is 0.194 e. The van der Waals surface area contributed by atoms with Crippen molar-refractivity contribution in [2.24, 2.45) is 5.73 Å². The SMILES string of the molecule is Cc1ccnc(Sc2cc(C(C)N)ccn2)n1. The number of rotatable bonds is 3. The van der Waals surface area contributed by atoms with Gasteiger partial charge in [-0.15, -0.1) is 0 Å². The van der Waals surface area contributed by atoms with Crippen LogP contribution in [0, 0.1) is 6.92 Å².